The summed E-state index contributed by atoms with van der Waals surface area (Å²) in [7, 11) is 1.58. The lowest BCUT2D eigenvalue weighted by Crippen LogP contribution is -2.29. The lowest BCUT2D eigenvalue weighted by atomic mass is 9.94. The maximum absolute atomic E-state index is 13.5. The third kappa shape index (κ3) is 5.21. The van der Waals surface area contributed by atoms with Crippen LogP contribution < -0.4 is 14.4 Å². The number of ether oxygens (including phenoxy) is 2. The van der Waals surface area contributed by atoms with Crippen molar-refractivity contribution >= 4 is 23.1 Å². The number of hydrogen-bond donors (Lipinski definition) is 1. The van der Waals surface area contributed by atoms with Crippen molar-refractivity contribution in [2.24, 2.45) is 0 Å². The molecule has 4 aromatic rings. The predicted octanol–water partition coefficient (Wildman–Crippen LogP) is 6.83. The number of Topliss-reactive ketones (excluding diaryl/α,β-unsaturated/α-hetero) is 1. The van der Waals surface area contributed by atoms with Gasteiger partial charge in [0.15, 0.2) is 0 Å². The predicted molar refractivity (Wildman–Crippen MR) is 156 cm³/mol. The first-order valence-corrected chi connectivity index (χ1v) is 13.1. The molecule has 6 nitrogen and oxygen atoms in total. The highest BCUT2D eigenvalue weighted by Crippen LogP contribution is 2.43. The van der Waals surface area contributed by atoms with E-state index in [4.69, 9.17) is 9.47 Å². The second-order valence-electron chi connectivity index (χ2n) is 10.0. The lowest BCUT2D eigenvalue weighted by molar-refractivity contribution is -0.132. The molecule has 1 amide bonds. The van der Waals surface area contributed by atoms with Gasteiger partial charge in [-0.1, -0.05) is 48.5 Å². The minimum atomic E-state index is -0.818. The summed E-state index contributed by atoms with van der Waals surface area (Å²) in [6.07, 6.45) is 0. The summed E-state index contributed by atoms with van der Waals surface area (Å²) in [6.45, 7) is 6.18. The number of aryl methyl sites for hydroxylation is 3. The van der Waals surface area contributed by atoms with E-state index in [1.54, 1.807) is 37.4 Å². The topological polar surface area (TPSA) is 76.1 Å². The van der Waals surface area contributed by atoms with E-state index < -0.39 is 17.7 Å². The first-order valence-electron chi connectivity index (χ1n) is 13.1. The van der Waals surface area contributed by atoms with Gasteiger partial charge >= 0.3 is 0 Å². The van der Waals surface area contributed by atoms with Gasteiger partial charge in [-0.25, -0.2) is 0 Å². The first-order chi connectivity index (χ1) is 19.3. The SMILES string of the molecule is COc1ccc(C2/C(=C(/O)c3ccc(OCc4ccccc4)c(C)c3)C(=O)C(=O)N2c2cc(C)cc(C)c2)cc1. The Balaban J connectivity index is 1.58. The maximum atomic E-state index is 13.5. The van der Waals surface area contributed by atoms with Crippen molar-refractivity contribution in [3.05, 3.63) is 130 Å². The summed E-state index contributed by atoms with van der Waals surface area (Å²) in [5.41, 5.74) is 5.51. The summed E-state index contributed by atoms with van der Waals surface area (Å²) in [5, 5.41) is 11.6. The number of anilines is 1. The number of amides is 1. The Bertz CT molecular complexity index is 1590. The quantitative estimate of drug-likeness (QED) is 0.160. The number of aliphatic hydroxyl groups is 1. The largest absolute Gasteiger partial charge is 0.507 e. The molecule has 0 aliphatic carbocycles. The monoisotopic (exact) mass is 533 g/mol. The molecule has 5 rings (SSSR count). The first kappa shape index (κ1) is 26.8. The average Bonchev–Trinajstić information content (AvgIpc) is 3.22. The van der Waals surface area contributed by atoms with Crippen molar-refractivity contribution in [2.45, 2.75) is 33.4 Å². The molecule has 0 radical (unpaired) electrons. The van der Waals surface area contributed by atoms with Crippen molar-refractivity contribution in [1.29, 1.82) is 0 Å². The van der Waals surface area contributed by atoms with Gasteiger partial charge in [-0.05, 0) is 91.1 Å². The molecule has 202 valence electrons. The second-order valence-corrected chi connectivity index (χ2v) is 10.0. The van der Waals surface area contributed by atoms with Gasteiger partial charge in [0.2, 0.25) is 0 Å². The molecular formula is C34H31NO5. The van der Waals surface area contributed by atoms with Crippen LogP contribution in [-0.2, 0) is 16.2 Å². The minimum Gasteiger partial charge on any atom is -0.507 e. The van der Waals surface area contributed by atoms with Gasteiger partial charge in [-0.2, -0.15) is 0 Å². The number of benzene rings is 4. The standard InChI is InChI=1S/C34H31NO5/c1-21-16-22(2)18-27(17-21)35-31(25-10-13-28(39-4)14-11-25)30(33(37)34(35)38)32(36)26-12-15-29(23(3)19-26)40-20-24-8-6-5-7-9-24/h5-19,31,36H,20H2,1-4H3/b32-30-. The van der Waals surface area contributed by atoms with E-state index in [0.717, 1.165) is 22.3 Å². The Labute approximate surface area is 234 Å². The van der Waals surface area contributed by atoms with E-state index >= 15 is 0 Å². The molecule has 0 spiro atoms. The third-order valence-electron chi connectivity index (χ3n) is 7.05. The zero-order chi connectivity index (χ0) is 28.4. The molecule has 0 saturated carbocycles. The number of nitrogens with zero attached hydrogens (tertiary/aromatic N) is 1. The van der Waals surface area contributed by atoms with Crippen molar-refractivity contribution in [3.8, 4) is 11.5 Å². The number of methoxy groups -OCH3 is 1. The molecular weight excluding hydrogens is 502 g/mol. The molecule has 1 fully saturated rings. The van der Waals surface area contributed by atoms with E-state index in [1.165, 1.54) is 4.90 Å². The second kappa shape index (κ2) is 11.1. The van der Waals surface area contributed by atoms with Crippen LogP contribution in [0.15, 0.2) is 96.6 Å². The van der Waals surface area contributed by atoms with E-state index in [-0.39, 0.29) is 11.3 Å². The number of ketones is 1. The van der Waals surface area contributed by atoms with Crippen LogP contribution in [0.2, 0.25) is 0 Å². The Kier molecular flexibility index (Phi) is 7.43. The normalized spacial score (nSPS) is 16.3. The smallest absolute Gasteiger partial charge is 0.300 e. The van der Waals surface area contributed by atoms with Crippen LogP contribution in [0.25, 0.3) is 5.76 Å². The number of rotatable bonds is 7. The minimum absolute atomic E-state index is 0.0340. The number of carbonyl (C=O) groups excluding carboxylic acids is 2. The molecule has 0 bridgehead atoms. The number of carbonyl (C=O) groups is 2. The molecule has 40 heavy (non-hydrogen) atoms. The van der Waals surface area contributed by atoms with E-state index in [0.29, 0.717) is 34.9 Å². The molecule has 1 N–H and O–H groups in total. The van der Waals surface area contributed by atoms with Crippen LogP contribution in [-0.4, -0.2) is 23.9 Å². The average molecular weight is 534 g/mol. The molecule has 4 aromatic carbocycles. The van der Waals surface area contributed by atoms with Crippen molar-refractivity contribution in [3.63, 3.8) is 0 Å². The molecule has 1 atom stereocenters. The maximum Gasteiger partial charge on any atom is 0.300 e. The van der Waals surface area contributed by atoms with E-state index in [1.807, 2.05) is 81.4 Å². The Hall–Kier alpha value is -4.84. The fraction of sp³-hybridized carbons (Fsp3) is 0.176. The summed E-state index contributed by atoms with van der Waals surface area (Å²) in [4.78, 5) is 28.5. The van der Waals surface area contributed by atoms with Gasteiger partial charge in [0.1, 0.15) is 23.9 Å². The van der Waals surface area contributed by atoms with Crippen LogP contribution in [0.3, 0.4) is 0 Å². The Morgan fingerprint density at radius 3 is 2.15 bits per heavy atom. The van der Waals surface area contributed by atoms with Crippen molar-refractivity contribution < 1.29 is 24.2 Å². The van der Waals surface area contributed by atoms with Gasteiger partial charge < -0.3 is 14.6 Å². The van der Waals surface area contributed by atoms with Crippen LogP contribution >= 0.6 is 0 Å². The summed E-state index contributed by atoms with van der Waals surface area (Å²) in [6, 6.07) is 27.2. The van der Waals surface area contributed by atoms with Crippen LogP contribution in [0.5, 0.6) is 11.5 Å². The summed E-state index contributed by atoms with van der Waals surface area (Å²) >= 11 is 0. The van der Waals surface area contributed by atoms with Crippen LogP contribution in [0, 0.1) is 20.8 Å². The highest BCUT2D eigenvalue weighted by Gasteiger charge is 2.47. The number of aliphatic hydroxyl groups excluding tert-OH is 1. The fourth-order valence-corrected chi connectivity index (χ4v) is 5.14. The highest BCUT2D eigenvalue weighted by atomic mass is 16.5. The molecule has 1 saturated heterocycles. The molecule has 1 aliphatic heterocycles. The van der Waals surface area contributed by atoms with Crippen molar-refractivity contribution in [2.75, 3.05) is 12.0 Å². The summed E-state index contributed by atoms with van der Waals surface area (Å²) < 4.78 is 11.3. The van der Waals surface area contributed by atoms with Crippen LogP contribution in [0.1, 0.15) is 39.4 Å². The fourth-order valence-electron chi connectivity index (χ4n) is 5.14. The van der Waals surface area contributed by atoms with Gasteiger partial charge in [0.05, 0.1) is 18.7 Å². The Morgan fingerprint density at radius 2 is 1.52 bits per heavy atom. The molecule has 6 heteroatoms. The molecule has 0 aromatic heterocycles. The molecule has 1 unspecified atom stereocenters. The molecule has 1 aliphatic rings. The van der Waals surface area contributed by atoms with Gasteiger partial charge in [0, 0.05) is 11.3 Å². The van der Waals surface area contributed by atoms with Crippen LogP contribution in [0.4, 0.5) is 5.69 Å². The zero-order valence-corrected chi connectivity index (χ0v) is 23.0. The highest BCUT2D eigenvalue weighted by molar-refractivity contribution is 6.51. The summed E-state index contributed by atoms with van der Waals surface area (Å²) in [5.74, 6) is -0.341. The van der Waals surface area contributed by atoms with Gasteiger partial charge in [-0.15, -0.1) is 0 Å². The van der Waals surface area contributed by atoms with Crippen molar-refractivity contribution in [1.82, 2.24) is 0 Å². The van der Waals surface area contributed by atoms with Gasteiger partial charge in [-0.3, -0.25) is 14.5 Å². The lowest BCUT2D eigenvalue weighted by Gasteiger charge is -2.26. The van der Waals surface area contributed by atoms with E-state index in [2.05, 4.69) is 0 Å². The number of hydrogen-bond acceptors (Lipinski definition) is 5. The Morgan fingerprint density at radius 1 is 0.850 bits per heavy atom. The zero-order valence-electron chi connectivity index (χ0n) is 23.0. The molecule has 1 heterocycles. The van der Waals surface area contributed by atoms with E-state index in [9.17, 15) is 14.7 Å². The third-order valence-corrected chi connectivity index (χ3v) is 7.05. The van der Waals surface area contributed by atoms with Gasteiger partial charge in [0.25, 0.3) is 11.7 Å².